The Kier molecular flexibility index (Phi) is 8.29. The van der Waals surface area contributed by atoms with Crippen molar-refractivity contribution in [3.05, 3.63) is 51.2 Å². The summed E-state index contributed by atoms with van der Waals surface area (Å²) < 4.78 is 29.8. The number of benzene rings is 1. The lowest BCUT2D eigenvalue weighted by atomic mass is 10.1. The van der Waals surface area contributed by atoms with Gasteiger partial charge >= 0.3 is 0 Å². The Morgan fingerprint density at radius 3 is 2.86 bits per heavy atom. The number of fused-ring (bicyclic) bond motifs is 2. The molecule has 2 amide bonds. The number of rotatable bonds is 8. The number of nitrogens with zero attached hydrogens (tertiary/aromatic N) is 7. The molecule has 6 rings (SSSR count). The summed E-state index contributed by atoms with van der Waals surface area (Å²) in [4.78, 5) is 34.0. The van der Waals surface area contributed by atoms with Crippen molar-refractivity contribution in [3.8, 4) is 0 Å². The van der Waals surface area contributed by atoms with Crippen LogP contribution in [-0.4, -0.2) is 97.8 Å². The van der Waals surface area contributed by atoms with E-state index in [1.165, 1.54) is 15.6 Å². The van der Waals surface area contributed by atoms with E-state index in [4.69, 9.17) is 10.9 Å². The molecule has 16 nitrogen and oxygen atoms in total. The molecule has 2 aliphatic heterocycles. The zero-order valence-corrected chi connectivity index (χ0v) is 25.9. The molecule has 1 fully saturated rings. The van der Waals surface area contributed by atoms with Crippen LogP contribution in [0.4, 0.5) is 0 Å². The molecule has 0 aliphatic carbocycles. The summed E-state index contributed by atoms with van der Waals surface area (Å²) in [7, 11) is -3.98. The molecule has 19 heteroatoms. The Balaban J connectivity index is 1.25. The first kappa shape index (κ1) is 30.0. The Hall–Kier alpha value is -4.04. The van der Waals surface area contributed by atoms with E-state index in [0.717, 1.165) is 21.9 Å². The highest BCUT2D eigenvalue weighted by molar-refractivity contribution is 7.91. The van der Waals surface area contributed by atoms with Gasteiger partial charge in [0, 0.05) is 60.2 Å². The standard InChI is InChI=1S/C25H29N11O5S3/c1-13-6-17-19(10-27-13)43-24(29-17)25(38)36-5-4-35(12-16(36)9-21(37)28-11-20-30-33-34-31-20)44(40,41)22-8-15-7-14(23(26)32-39)2-3-18(15)42-22/h2-3,7-8,13,16,27,39H,4-6,9-12H2,1H3,(H2,26,32)(H,28,37)(H,30,31,33,34). The lowest BCUT2D eigenvalue weighted by Crippen LogP contribution is -2.57. The van der Waals surface area contributed by atoms with Gasteiger partial charge in [-0.15, -0.1) is 27.8 Å². The summed E-state index contributed by atoms with van der Waals surface area (Å²) in [5.41, 5.74) is 7.05. The lowest BCUT2D eigenvalue weighted by Gasteiger charge is -2.40. The Morgan fingerprint density at radius 2 is 2.09 bits per heavy atom. The number of aromatic nitrogens is 5. The van der Waals surface area contributed by atoms with Crippen LogP contribution in [0, 0.1) is 0 Å². The maximum absolute atomic E-state index is 13.9. The van der Waals surface area contributed by atoms with Crippen molar-refractivity contribution < 1.29 is 23.2 Å². The van der Waals surface area contributed by atoms with E-state index in [9.17, 15) is 18.0 Å². The van der Waals surface area contributed by atoms with E-state index in [-0.39, 0.29) is 54.6 Å². The summed E-state index contributed by atoms with van der Waals surface area (Å²) in [6.07, 6.45) is 0.571. The highest BCUT2D eigenvalue weighted by Crippen LogP contribution is 2.33. The minimum absolute atomic E-state index is 0.0449. The predicted molar refractivity (Wildman–Crippen MR) is 161 cm³/mol. The van der Waals surface area contributed by atoms with Crippen LogP contribution in [0.3, 0.4) is 0 Å². The fourth-order valence-electron chi connectivity index (χ4n) is 5.22. The van der Waals surface area contributed by atoms with Crippen LogP contribution in [0.5, 0.6) is 0 Å². The number of sulfonamides is 1. The summed E-state index contributed by atoms with van der Waals surface area (Å²) in [6.45, 7) is 2.78. The van der Waals surface area contributed by atoms with Crippen LogP contribution in [0.1, 0.15) is 45.1 Å². The van der Waals surface area contributed by atoms with E-state index < -0.39 is 22.0 Å². The van der Waals surface area contributed by atoms with Crippen LogP contribution >= 0.6 is 22.7 Å². The van der Waals surface area contributed by atoms with Gasteiger partial charge in [-0.05, 0) is 47.0 Å². The zero-order chi connectivity index (χ0) is 31.0. The number of amidine groups is 1. The summed E-state index contributed by atoms with van der Waals surface area (Å²) in [5, 5.41) is 32.3. The molecule has 1 aromatic carbocycles. The van der Waals surface area contributed by atoms with Crippen LogP contribution in [0.25, 0.3) is 10.1 Å². The molecular formula is C25H29N11O5S3. The molecule has 0 spiro atoms. The van der Waals surface area contributed by atoms with Gasteiger partial charge in [0.15, 0.2) is 16.7 Å². The SMILES string of the molecule is CC1Cc2nc(C(=O)N3CCN(S(=O)(=O)c4cc5cc(C(N)=NO)ccc5s4)CC3CC(=O)NCc3nnn[nH]3)sc2CN1. The van der Waals surface area contributed by atoms with E-state index in [2.05, 4.69) is 48.3 Å². The topological polar surface area (TPSA) is 225 Å². The highest BCUT2D eigenvalue weighted by atomic mass is 32.2. The molecular weight excluding hydrogens is 631 g/mol. The first-order chi connectivity index (χ1) is 21.1. The van der Waals surface area contributed by atoms with Crippen molar-refractivity contribution in [1.82, 2.24) is 45.4 Å². The van der Waals surface area contributed by atoms with Crippen LogP contribution < -0.4 is 16.4 Å². The molecule has 1 saturated heterocycles. The molecule has 44 heavy (non-hydrogen) atoms. The quantitative estimate of drug-likeness (QED) is 0.0744. The number of hydrogen-bond donors (Lipinski definition) is 5. The molecule has 232 valence electrons. The second kappa shape index (κ2) is 12.2. The van der Waals surface area contributed by atoms with Crippen LogP contribution in [0.15, 0.2) is 33.6 Å². The van der Waals surface area contributed by atoms with Gasteiger partial charge in [-0.25, -0.2) is 18.5 Å². The monoisotopic (exact) mass is 659 g/mol. The summed E-state index contributed by atoms with van der Waals surface area (Å²) in [5.74, 6) is -0.451. The highest BCUT2D eigenvalue weighted by Gasteiger charge is 2.39. The van der Waals surface area contributed by atoms with E-state index in [0.29, 0.717) is 39.4 Å². The minimum atomic E-state index is -3.98. The third-order valence-corrected chi connectivity index (χ3v) is 12.0. The van der Waals surface area contributed by atoms with Gasteiger partial charge in [-0.2, -0.15) is 4.31 Å². The first-order valence-electron chi connectivity index (χ1n) is 13.7. The number of nitrogens with one attached hydrogen (secondary N) is 3. The molecule has 2 atom stereocenters. The number of nitrogens with two attached hydrogens (primary N) is 1. The third-order valence-electron chi connectivity index (χ3n) is 7.53. The predicted octanol–water partition coefficient (Wildman–Crippen LogP) is 0.221. The second-order valence-corrected chi connectivity index (χ2v) is 14.9. The number of carbonyl (C=O) groups excluding carboxylic acids is 2. The maximum atomic E-state index is 13.9. The number of thiophene rings is 1. The van der Waals surface area contributed by atoms with E-state index >= 15 is 0 Å². The Labute approximate surface area is 259 Å². The first-order valence-corrected chi connectivity index (χ1v) is 16.7. The van der Waals surface area contributed by atoms with Crippen molar-refractivity contribution in [3.63, 3.8) is 0 Å². The molecule has 2 unspecified atom stereocenters. The normalized spacial score (nSPS) is 19.7. The Morgan fingerprint density at radius 1 is 1.25 bits per heavy atom. The number of H-pyrrole nitrogens is 1. The molecule has 3 aromatic heterocycles. The number of aromatic amines is 1. The van der Waals surface area contributed by atoms with Crippen molar-refractivity contribution in [2.75, 3.05) is 19.6 Å². The molecule has 4 aromatic rings. The van der Waals surface area contributed by atoms with Gasteiger partial charge in [-0.3, -0.25) is 9.59 Å². The average Bonchev–Trinajstić information content (AvgIpc) is 3.78. The average molecular weight is 660 g/mol. The molecule has 5 heterocycles. The van der Waals surface area contributed by atoms with Crippen molar-refractivity contribution in [1.29, 1.82) is 0 Å². The van der Waals surface area contributed by atoms with Gasteiger partial charge in [0.25, 0.3) is 15.9 Å². The molecule has 0 radical (unpaired) electrons. The maximum Gasteiger partial charge on any atom is 0.283 e. The second-order valence-electron chi connectivity index (χ2n) is 10.5. The summed E-state index contributed by atoms with van der Waals surface area (Å²) in [6, 6.07) is 6.05. The van der Waals surface area contributed by atoms with Gasteiger partial charge in [0.2, 0.25) is 5.91 Å². The van der Waals surface area contributed by atoms with Gasteiger partial charge < -0.3 is 26.5 Å². The lowest BCUT2D eigenvalue weighted by molar-refractivity contribution is -0.122. The molecule has 2 aliphatic rings. The van der Waals surface area contributed by atoms with E-state index in [1.54, 1.807) is 29.2 Å². The van der Waals surface area contributed by atoms with Crippen LogP contribution in [-0.2, 0) is 34.3 Å². The molecule has 0 bridgehead atoms. The smallest absolute Gasteiger partial charge is 0.283 e. The molecule has 6 N–H and O–H groups in total. The van der Waals surface area contributed by atoms with Gasteiger partial charge in [0.1, 0.15) is 4.21 Å². The Bertz CT molecular complexity index is 1840. The van der Waals surface area contributed by atoms with Gasteiger partial charge in [0.05, 0.1) is 18.3 Å². The third kappa shape index (κ3) is 6.00. The van der Waals surface area contributed by atoms with Gasteiger partial charge in [-0.1, -0.05) is 5.16 Å². The summed E-state index contributed by atoms with van der Waals surface area (Å²) >= 11 is 2.42. The number of amides is 2. The van der Waals surface area contributed by atoms with E-state index in [1.807, 2.05) is 0 Å². The number of hydrogen-bond acceptors (Lipinski definition) is 13. The fraction of sp³-hybridized carbons (Fsp3) is 0.400. The zero-order valence-electron chi connectivity index (χ0n) is 23.4. The minimum Gasteiger partial charge on any atom is -0.409 e. The van der Waals surface area contributed by atoms with Crippen LogP contribution in [0.2, 0.25) is 0 Å². The number of piperazine rings is 1. The number of carbonyl (C=O) groups is 2. The largest absolute Gasteiger partial charge is 0.409 e. The van der Waals surface area contributed by atoms with Crippen molar-refractivity contribution in [2.24, 2.45) is 10.9 Å². The fourth-order valence-corrected chi connectivity index (χ4v) is 9.22. The molecule has 0 saturated carbocycles. The number of oxime groups is 1. The van der Waals surface area contributed by atoms with Crippen molar-refractivity contribution >= 4 is 60.4 Å². The number of thiazole rings is 1. The van der Waals surface area contributed by atoms with Crippen molar-refractivity contribution in [2.45, 2.75) is 49.1 Å². The number of tetrazole rings is 1.